The van der Waals surface area contributed by atoms with Crippen LogP contribution in [-0.2, 0) is 14.9 Å². The third-order valence-corrected chi connectivity index (χ3v) is 6.41. The first-order valence-electron chi connectivity index (χ1n) is 11.3. The zero-order valence-electron chi connectivity index (χ0n) is 19.1. The fourth-order valence-corrected chi connectivity index (χ4v) is 4.15. The zero-order valence-corrected chi connectivity index (χ0v) is 19.1. The van der Waals surface area contributed by atoms with Crippen LogP contribution in [0.15, 0.2) is 78.9 Å². The number of anilines is 1. The summed E-state index contributed by atoms with van der Waals surface area (Å²) in [5, 5.41) is 22.9. The molecule has 3 N–H and O–H groups in total. The largest absolute Gasteiger partial charge is 0.481 e. The van der Waals surface area contributed by atoms with Crippen LogP contribution in [0.25, 0.3) is 22.4 Å². The summed E-state index contributed by atoms with van der Waals surface area (Å²) in [4.78, 5) is 24.0. The number of carboxylic acids is 1. The van der Waals surface area contributed by atoms with Gasteiger partial charge in [-0.05, 0) is 42.0 Å². The van der Waals surface area contributed by atoms with Gasteiger partial charge in [-0.25, -0.2) is 4.79 Å². The van der Waals surface area contributed by atoms with Crippen LogP contribution in [0.1, 0.15) is 37.0 Å². The third kappa shape index (κ3) is 4.50. The van der Waals surface area contributed by atoms with E-state index in [2.05, 4.69) is 20.7 Å². The van der Waals surface area contributed by atoms with Crippen LogP contribution < -0.4 is 5.32 Å². The second-order valence-electron chi connectivity index (χ2n) is 8.65. The molecule has 1 aliphatic rings. The van der Waals surface area contributed by atoms with Gasteiger partial charge in [0, 0.05) is 5.56 Å². The van der Waals surface area contributed by atoms with Crippen molar-refractivity contribution < 1.29 is 19.4 Å². The van der Waals surface area contributed by atoms with Crippen molar-refractivity contribution in [2.24, 2.45) is 0 Å². The highest BCUT2D eigenvalue weighted by atomic mass is 16.6. The van der Waals surface area contributed by atoms with E-state index in [1.165, 1.54) is 0 Å². The molecule has 3 aromatic carbocycles. The number of H-pyrrole nitrogens is 1. The van der Waals surface area contributed by atoms with Gasteiger partial charge in [0.25, 0.3) is 0 Å². The van der Waals surface area contributed by atoms with Gasteiger partial charge in [0.15, 0.2) is 5.82 Å². The van der Waals surface area contributed by atoms with Crippen molar-refractivity contribution in [1.82, 2.24) is 15.4 Å². The van der Waals surface area contributed by atoms with E-state index in [0.29, 0.717) is 18.5 Å². The second-order valence-corrected chi connectivity index (χ2v) is 8.65. The maximum absolute atomic E-state index is 12.4. The Morgan fingerprint density at radius 2 is 1.51 bits per heavy atom. The lowest BCUT2D eigenvalue weighted by molar-refractivity contribution is -0.140. The number of aliphatic carboxylic acids is 1. The molecule has 1 saturated carbocycles. The number of amides is 1. The molecule has 1 heterocycles. The molecule has 1 aromatic heterocycles. The van der Waals surface area contributed by atoms with E-state index in [-0.39, 0.29) is 5.82 Å². The number of carboxylic acid groups (broad SMARTS) is 1. The van der Waals surface area contributed by atoms with Gasteiger partial charge in [-0.1, -0.05) is 78.9 Å². The smallest absolute Gasteiger partial charge is 0.413 e. The number of aromatic amines is 1. The maximum atomic E-state index is 12.4. The van der Waals surface area contributed by atoms with E-state index in [9.17, 15) is 14.7 Å². The minimum absolute atomic E-state index is 0.274. The monoisotopic (exact) mass is 468 g/mol. The molecule has 1 fully saturated rings. The number of rotatable bonds is 7. The molecule has 0 spiro atoms. The lowest BCUT2D eigenvalue weighted by atomic mass is 9.93. The molecular formula is C27H24N4O4. The van der Waals surface area contributed by atoms with Crippen molar-refractivity contribution in [2.45, 2.75) is 31.3 Å². The Labute approximate surface area is 202 Å². The molecule has 0 radical (unpaired) electrons. The fourth-order valence-electron chi connectivity index (χ4n) is 4.15. The van der Waals surface area contributed by atoms with E-state index in [4.69, 9.17) is 4.74 Å². The Morgan fingerprint density at radius 3 is 2.11 bits per heavy atom. The summed E-state index contributed by atoms with van der Waals surface area (Å²) in [5.41, 5.74) is 4.26. The molecule has 8 nitrogen and oxygen atoms in total. The Kier molecular flexibility index (Phi) is 5.78. The molecule has 1 unspecified atom stereocenters. The first-order valence-corrected chi connectivity index (χ1v) is 11.3. The van der Waals surface area contributed by atoms with E-state index < -0.39 is 23.6 Å². The first-order chi connectivity index (χ1) is 17.0. The topological polar surface area (TPSA) is 117 Å². The van der Waals surface area contributed by atoms with E-state index in [1.807, 2.05) is 78.9 Å². The SMILES string of the molecule is CC(OC(=O)Nc1n[nH]nc1-c1ccc(-c2ccc(C3(C(=O)O)CC3)cc2)cc1)c1ccccc1. The molecule has 1 aliphatic carbocycles. The lowest BCUT2D eigenvalue weighted by Gasteiger charge is -2.13. The van der Waals surface area contributed by atoms with Gasteiger partial charge in [0.1, 0.15) is 11.8 Å². The van der Waals surface area contributed by atoms with Crippen LogP contribution in [0.3, 0.4) is 0 Å². The fraction of sp³-hybridized carbons (Fsp3) is 0.185. The molecule has 0 aliphatic heterocycles. The summed E-state index contributed by atoms with van der Waals surface area (Å²) in [6.45, 7) is 1.80. The number of carbonyl (C=O) groups excluding carboxylic acids is 1. The number of hydrogen-bond donors (Lipinski definition) is 3. The van der Waals surface area contributed by atoms with Gasteiger partial charge in [-0.3, -0.25) is 10.1 Å². The van der Waals surface area contributed by atoms with E-state index in [1.54, 1.807) is 6.92 Å². The van der Waals surface area contributed by atoms with Gasteiger partial charge in [0.2, 0.25) is 0 Å². The quantitative estimate of drug-likeness (QED) is 0.327. The molecule has 8 heteroatoms. The van der Waals surface area contributed by atoms with Crippen molar-refractivity contribution in [2.75, 3.05) is 5.32 Å². The van der Waals surface area contributed by atoms with Gasteiger partial charge in [0.05, 0.1) is 5.41 Å². The number of carbonyl (C=O) groups is 2. The predicted molar refractivity (Wildman–Crippen MR) is 131 cm³/mol. The summed E-state index contributed by atoms with van der Waals surface area (Å²) in [6.07, 6.45) is 0.331. The minimum Gasteiger partial charge on any atom is -0.481 e. The minimum atomic E-state index is -0.759. The molecule has 0 saturated heterocycles. The van der Waals surface area contributed by atoms with Crippen molar-refractivity contribution >= 4 is 17.9 Å². The number of ether oxygens (including phenoxy) is 1. The molecular weight excluding hydrogens is 444 g/mol. The van der Waals surface area contributed by atoms with E-state index in [0.717, 1.165) is 27.8 Å². The first kappa shape index (κ1) is 22.3. The van der Waals surface area contributed by atoms with Crippen LogP contribution in [0.4, 0.5) is 10.6 Å². The van der Waals surface area contributed by atoms with Crippen molar-refractivity contribution in [1.29, 1.82) is 0 Å². The molecule has 4 aromatic rings. The van der Waals surface area contributed by atoms with Gasteiger partial charge in [-0.15, -0.1) is 5.10 Å². The van der Waals surface area contributed by atoms with Crippen molar-refractivity contribution in [3.63, 3.8) is 0 Å². The zero-order chi connectivity index (χ0) is 24.4. The molecule has 35 heavy (non-hydrogen) atoms. The molecule has 0 bridgehead atoms. The highest BCUT2D eigenvalue weighted by molar-refractivity contribution is 5.89. The number of aromatic nitrogens is 3. The highest BCUT2D eigenvalue weighted by Gasteiger charge is 2.51. The number of nitrogens with zero attached hydrogens (tertiary/aromatic N) is 2. The molecule has 1 atom stereocenters. The van der Waals surface area contributed by atoms with Crippen molar-refractivity contribution in [3.8, 4) is 22.4 Å². The van der Waals surface area contributed by atoms with Crippen LogP contribution in [0.5, 0.6) is 0 Å². The third-order valence-electron chi connectivity index (χ3n) is 6.41. The van der Waals surface area contributed by atoms with Gasteiger partial charge < -0.3 is 9.84 Å². The Balaban J connectivity index is 1.27. The predicted octanol–water partition coefficient (Wildman–Crippen LogP) is 5.56. The molecule has 5 rings (SSSR count). The lowest BCUT2D eigenvalue weighted by Crippen LogP contribution is -2.19. The Morgan fingerprint density at radius 1 is 0.914 bits per heavy atom. The summed E-state index contributed by atoms with van der Waals surface area (Å²) in [5.74, 6) is -0.485. The summed E-state index contributed by atoms with van der Waals surface area (Å²) >= 11 is 0. The number of benzene rings is 3. The summed E-state index contributed by atoms with van der Waals surface area (Å²) in [6, 6.07) is 24.8. The normalized spacial score (nSPS) is 14.7. The summed E-state index contributed by atoms with van der Waals surface area (Å²) < 4.78 is 5.46. The van der Waals surface area contributed by atoms with Crippen molar-refractivity contribution in [3.05, 3.63) is 90.0 Å². The number of nitrogens with one attached hydrogen (secondary N) is 2. The Hall–Kier alpha value is -4.46. The van der Waals surface area contributed by atoms with Crippen LogP contribution in [0, 0.1) is 0 Å². The standard InChI is InChI=1S/C27H24N4O4/c1-17(18-5-3-2-4-6-18)35-26(34)28-24-23(29-31-30-24)21-9-7-19(8-10-21)20-11-13-22(14-12-20)27(15-16-27)25(32)33/h2-14,17H,15-16H2,1H3,(H,32,33)(H2,28,29,30,31,34). The molecule has 1 amide bonds. The number of hydrogen-bond acceptors (Lipinski definition) is 5. The van der Waals surface area contributed by atoms with Gasteiger partial charge >= 0.3 is 12.1 Å². The van der Waals surface area contributed by atoms with Crippen LogP contribution in [0.2, 0.25) is 0 Å². The van der Waals surface area contributed by atoms with Gasteiger partial charge in [-0.2, -0.15) is 10.3 Å². The summed E-state index contributed by atoms with van der Waals surface area (Å²) in [7, 11) is 0. The molecule has 176 valence electrons. The maximum Gasteiger partial charge on any atom is 0.413 e. The average Bonchev–Trinajstić information content (AvgIpc) is 3.58. The van der Waals surface area contributed by atoms with Crippen LogP contribution in [-0.4, -0.2) is 32.6 Å². The van der Waals surface area contributed by atoms with Crippen LogP contribution >= 0.6 is 0 Å². The Bertz CT molecular complexity index is 1340. The second kappa shape index (κ2) is 9.06. The van der Waals surface area contributed by atoms with E-state index >= 15 is 0 Å². The highest BCUT2D eigenvalue weighted by Crippen LogP contribution is 2.48. The average molecular weight is 469 g/mol.